The van der Waals surface area contributed by atoms with Crippen LogP contribution in [0.3, 0.4) is 0 Å². The van der Waals surface area contributed by atoms with Crippen LogP contribution in [0.15, 0.2) is 24.3 Å². The van der Waals surface area contributed by atoms with Gasteiger partial charge in [-0.15, -0.1) is 0 Å². The molecule has 0 aliphatic heterocycles. The number of benzene rings is 1. The molecule has 0 aromatic heterocycles. The van der Waals surface area contributed by atoms with Crippen molar-refractivity contribution in [1.82, 2.24) is 5.32 Å². The van der Waals surface area contributed by atoms with Gasteiger partial charge in [0.15, 0.2) is 0 Å². The number of rotatable bonds is 2. The van der Waals surface area contributed by atoms with Crippen LogP contribution >= 0.6 is 0 Å². The van der Waals surface area contributed by atoms with E-state index < -0.39 is 0 Å². The van der Waals surface area contributed by atoms with Gasteiger partial charge in [-0.3, -0.25) is 4.79 Å². The number of hydrogen-bond acceptors (Lipinski definition) is 3. The highest BCUT2D eigenvalue weighted by molar-refractivity contribution is 5.94. The van der Waals surface area contributed by atoms with Crippen LogP contribution in [0.2, 0.25) is 0 Å². The van der Waals surface area contributed by atoms with Crippen molar-refractivity contribution in [1.29, 1.82) is 5.26 Å². The summed E-state index contributed by atoms with van der Waals surface area (Å²) < 4.78 is 0. The molecule has 3 N–H and O–H groups in total. The first-order valence-corrected chi connectivity index (χ1v) is 6.77. The van der Waals surface area contributed by atoms with Gasteiger partial charge in [-0.05, 0) is 31.0 Å². The predicted molar refractivity (Wildman–Crippen MR) is 73.5 cm³/mol. The molecule has 0 heterocycles. The summed E-state index contributed by atoms with van der Waals surface area (Å²) in [5, 5.41) is 11.8. The normalized spacial score (nSPS) is 23.2. The molecule has 2 rings (SSSR count). The van der Waals surface area contributed by atoms with Crippen molar-refractivity contribution >= 4 is 5.91 Å². The highest BCUT2D eigenvalue weighted by atomic mass is 16.1. The third kappa shape index (κ3) is 3.55. The molecule has 100 valence electrons. The van der Waals surface area contributed by atoms with Crippen LogP contribution in [0.1, 0.15) is 48.0 Å². The Kier molecular flexibility index (Phi) is 4.53. The highest BCUT2D eigenvalue weighted by Gasteiger charge is 2.22. The maximum Gasteiger partial charge on any atom is 0.251 e. The van der Waals surface area contributed by atoms with Gasteiger partial charge in [0.05, 0.1) is 11.6 Å². The van der Waals surface area contributed by atoms with Gasteiger partial charge in [0.25, 0.3) is 5.91 Å². The first kappa shape index (κ1) is 13.6. The van der Waals surface area contributed by atoms with E-state index in [2.05, 4.69) is 5.32 Å². The van der Waals surface area contributed by atoms with Gasteiger partial charge in [-0.25, -0.2) is 0 Å². The van der Waals surface area contributed by atoms with Gasteiger partial charge in [0, 0.05) is 17.6 Å². The number of nitriles is 1. The molecule has 1 amide bonds. The molecular formula is C15H19N3O. The minimum absolute atomic E-state index is 0.0330. The second kappa shape index (κ2) is 6.35. The second-order valence-electron chi connectivity index (χ2n) is 5.07. The number of nitrogens with one attached hydrogen (secondary N) is 1. The minimum Gasteiger partial charge on any atom is -0.348 e. The lowest BCUT2D eigenvalue weighted by atomic mass is 10.0. The molecule has 4 nitrogen and oxygen atoms in total. The summed E-state index contributed by atoms with van der Waals surface area (Å²) in [7, 11) is 0. The van der Waals surface area contributed by atoms with E-state index in [1.54, 1.807) is 24.3 Å². The summed E-state index contributed by atoms with van der Waals surface area (Å²) in [6, 6.07) is 8.86. The Bertz CT molecular complexity index is 492. The maximum atomic E-state index is 12.2. The van der Waals surface area contributed by atoms with Crippen molar-refractivity contribution in [2.24, 2.45) is 5.73 Å². The maximum absolute atomic E-state index is 12.2. The molecule has 4 heteroatoms. The van der Waals surface area contributed by atoms with Crippen molar-refractivity contribution < 1.29 is 4.79 Å². The van der Waals surface area contributed by atoms with Gasteiger partial charge in [0.2, 0.25) is 0 Å². The Morgan fingerprint density at radius 1 is 1.32 bits per heavy atom. The molecule has 0 saturated heterocycles. The number of carbonyl (C=O) groups is 1. The van der Waals surface area contributed by atoms with Crippen molar-refractivity contribution in [2.45, 2.75) is 44.2 Å². The van der Waals surface area contributed by atoms with Gasteiger partial charge < -0.3 is 11.1 Å². The van der Waals surface area contributed by atoms with Crippen LogP contribution < -0.4 is 11.1 Å². The Balaban J connectivity index is 2.05. The molecule has 2 unspecified atom stereocenters. The van der Waals surface area contributed by atoms with Crippen molar-refractivity contribution in [3.05, 3.63) is 35.4 Å². The molecule has 2 atom stereocenters. The average Bonchev–Trinajstić information content (AvgIpc) is 2.64. The summed E-state index contributed by atoms with van der Waals surface area (Å²) in [4.78, 5) is 12.2. The third-order valence-electron chi connectivity index (χ3n) is 3.64. The number of amides is 1. The van der Waals surface area contributed by atoms with Crippen LogP contribution in [0.5, 0.6) is 0 Å². The standard InChI is InChI=1S/C15H19N3O/c16-10-11-5-4-6-12(9-11)15(19)18-14-8-3-1-2-7-13(14)17/h4-6,9,13-14H,1-3,7-8,17H2,(H,18,19). The van der Waals surface area contributed by atoms with Gasteiger partial charge in [-0.1, -0.05) is 25.3 Å². The first-order chi connectivity index (χ1) is 9.20. The molecule has 0 radical (unpaired) electrons. The van der Waals surface area contributed by atoms with Crippen LogP contribution in [0.25, 0.3) is 0 Å². The summed E-state index contributed by atoms with van der Waals surface area (Å²) in [5.74, 6) is -0.139. The lowest BCUT2D eigenvalue weighted by Gasteiger charge is -2.22. The Morgan fingerprint density at radius 3 is 2.89 bits per heavy atom. The Hall–Kier alpha value is -1.86. The lowest BCUT2D eigenvalue weighted by molar-refractivity contribution is 0.0929. The molecule has 1 fully saturated rings. The predicted octanol–water partition coefficient (Wildman–Crippen LogP) is 1.95. The van der Waals surface area contributed by atoms with E-state index >= 15 is 0 Å². The average molecular weight is 257 g/mol. The summed E-state index contributed by atoms with van der Waals surface area (Å²) in [6.07, 6.45) is 5.33. The molecular weight excluding hydrogens is 238 g/mol. The van der Waals surface area contributed by atoms with Crippen LogP contribution in [0.4, 0.5) is 0 Å². The number of nitrogens with two attached hydrogens (primary N) is 1. The summed E-state index contributed by atoms with van der Waals surface area (Å²) in [5.41, 5.74) is 7.12. The van der Waals surface area contributed by atoms with E-state index in [1.165, 1.54) is 6.42 Å². The van der Waals surface area contributed by atoms with E-state index in [-0.39, 0.29) is 18.0 Å². The second-order valence-corrected chi connectivity index (χ2v) is 5.07. The fourth-order valence-electron chi connectivity index (χ4n) is 2.50. The molecule has 1 aromatic rings. The number of carbonyl (C=O) groups excluding carboxylic acids is 1. The molecule has 1 aromatic carbocycles. The molecule has 0 bridgehead atoms. The number of hydrogen-bond donors (Lipinski definition) is 2. The quantitative estimate of drug-likeness (QED) is 0.795. The zero-order valence-corrected chi connectivity index (χ0v) is 10.9. The van der Waals surface area contributed by atoms with E-state index in [1.807, 2.05) is 6.07 Å². The fourth-order valence-corrected chi connectivity index (χ4v) is 2.50. The zero-order valence-electron chi connectivity index (χ0n) is 10.9. The number of nitrogens with zero attached hydrogens (tertiary/aromatic N) is 1. The largest absolute Gasteiger partial charge is 0.348 e. The van der Waals surface area contributed by atoms with E-state index in [0.29, 0.717) is 11.1 Å². The molecule has 0 spiro atoms. The van der Waals surface area contributed by atoms with Crippen molar-refractivity contribution in [3.8, 4) is 6.07 Å². The molecule has 19 heavy (non-hydrogen) atoms. The fraction of sp³-hybridized carbons (Fsp3) is 0.467. The Labute approximate surface area is 113 Å². The first-order valence-electron chi connectivity index (χ1n) is 6.77. The molecule has 1 saturated carbocycles. The van der Waals surface area contributed by atoms with E-state index in [9.17, 15) is 4.79 Å². The SMILES string of the molecule is N#Cc1cccc(C(=O)NC2CCCCCC2N)c1. The lowest BCUT2D eigenvalue weighted by Crippen LogP contribution is -2.46. The van der Waals surface area contributed by atoms with Crippen LogP contribution in [-0.4, -0.2) is 18.0 Å². The highest BCUT2D eigenvalue weighted by Crippen LogP contribution is 2.17. The third-order valence-corrected chi connectivity index (χ3v) is 3.64. The zero-order chi connectivity index (χ0) is 13.7. The van der Waals surface area contributed by atoms with E-state index in [0.717, 1.165) is 25.7 Å². The minimum atomic E-state index is -0.139. The van der Waals surface area contributed by atoms with Gasteiger partial charge >= 0.3 is 0 Å². The Morgan fingerprint density at radius 2 is 2.11 bits per heavy atom. The van der Waals surface area contributed by atoms with Crippen molar-refractivity contribution in [3.63, 3.8) is 0 Å². The van der Waals surface area contributed by atoms with Gasteiger partial charge in [0.1, 0.15) is 0 Å². The van der Waals surface area contributed by atoms with Crippen LogP contribution in [-0.2, 0) is 0 Å². The van der Waals surface area contributed by atoms with Crippen molar-refractivity contribution in [2.75, 3.05) is 0 Å². The van der Waals surface area contributed by atoms with Gasteiger partial charge in [-0.2, -0.15) is 5.26 Å². The van der Waals surface area contributed by atoms with E-state index in [4.69, 9.17) is 11.0 Å². The summed E-state index contributed by atoms with van der Waals surface area (Å²) in [6.45, 7) is 0. The smallest absolute Gasteiger partial charge is 0.251 e. The molecule has 1 aliphatic carbocycles. The van der Waals surface area contributed by atoms with Crippen LogP contribution in [0, 0.1) is 11.3 Å². The monoisotopic (exact) mass is 257 g/mol. The molecule has 1 aliphatic rings. The topological polar surface area (TPSA) is 78.9 Å². The summed E-state index contributed by atoms with van der Waals surface area (Å²) >= 11 is 0.